The minimum absolute atomic E-state index is 0. The molecule has 1 unspecified atom stereocenters. The van der Waals surface area contributed by atoms with Gasteiger partial charge in [0.15, 0.2) is 0 Å². The van der Waals surface area contributed by atoms with Gasteiger partial charge in [0, 0.05) is 45.3 Å². The van der Waals surface area contributed by atoms with E-state index in [0.29, 0.717) is 10.9 Å². The van der Waals surface area contributed by atoms with Crippen LogP contribution < -0.4 is 10.6 Å². The number of hydrogen-bond acceptors (Lipinski definition) is 5. The van der Waals surface area contributed by atoms with E-state index >= 15 is 0 Å². The minimum Gasteiger partial charge on any atom is -0.342 e. The fraction of sp³-hybridized carbons (Fsp3) is 0.600. The fourth-order valence-electron chi connectivity index (χ4n) is 3.08. The van der Waals surface area contributed by atoms with Gasteiger partial charge in [0.05, 0.1) is 11.4 Å². The highest BCUT2D eigenvalue weighted by molar-refractivity contribution is 7.12. The lowest BCUT2D eigenvalue weighted by Gasteiger charge is -2.32. The summed E-state index contributed by atoms with van der Waals surface area (Å²) in [5.41, 5.74) is 0. The van der Waals surface area contributed by atoms with Crippen molar-refractivity contribution >= 4 is 35.6 Å². The molecule has 6 nitrogen and oxygen atoms in total. The van der Waals surface area contributed by atoms with E-state index in [1.54, 1.807) is 6.07 Å². The maximum Gasteiger partial charge on any atom is 0.261 e. The van der Waals surface area contributed by atoms with Gasteiger partial charge in [0.1, 0.15) is 0 Å². The molecule has 0 saturated carbocycles. The Bertz CT molecular complexity index is 520. The van der Waals surface area contributed by atoms with Crippen LogP contribution in [0.1, 0.15) is 16.1 Å². The SMILES string of the molecule is Cl.O=C(NCC(=O)N1CCC(N2CCNCC2)C1)c1cccs1. The third-order valence-corrected chi connectivity index (χ3v) is 5.20. The van der Waals surface area contributed by atoms with Gasteiger partial charge in [-0.2, -0.15) is 0 Å². The first-order valence-corrected chi connectivity index (χ1v) is 8.66. The van der Waals surface area contributed by atoms with E-state index < -0.39 is 0 Å². The summed E-state index contributed by atoms with van der Waals surface area (Å²) in [5, 5.41) is 7.92. The Balaban J connectivity index is 0.00000192. The fourth-order valence-corrected chi connectivity index (χ4v) is 3.72. The lowest BCUT2D eigenvalue weighted by Crippen LogP contribution is -2.49. The molecule has 0 bridgehead atoms. The van der Waals surface area contributed by atoms with Crippen molar-refractivity contribution in [3.8, 4) is 0 Å². The number of nitrogens with zero attached hydrogens (tertiary/aromatic N) is 2. The van der Waals surface area contributed by atoms with E-state index in [1.807, 2.05) is 16.3 Å². The van der Waals surface area contributed by atoms with Gasteiger partial charge in [0.2, 0.25) is 5.91 Å². The van der Waals surface area contributed by atoms with Gasteiger partial charge < -0.3 is 15.5 Å². The van der Waals surface area contributed by atoms with Crippen molar-refractivity contribution < 1.29 is 9.59 Å². The zero-order valence-corrected chi connectivity index (χ0v) is 14.6. The lowest BCUT2D eigenvalue weighted by molar-refractivity contribution is -0.129. The summed E-state index contributed by atoms with van der Waals surface area (Å²) in [6.45, 7) is 5.84. The minimum atomic E-state index is -0.166. The largest absolute Gasteiger partial charge is 0.342 e. The van der Waals surface area contributed by atoms with Gasteiger partial charge in [-0.25, -0.2) is 0 Å². The predicted molar refractivity (Wildman–Crippen MR) is 93.3 cm³/mol. The highest BCUT2D eigenvalue weighted by Gasteiger charge is 2.30. The number of carbonyl (C=O) groups excluding carboxylic acids is 2. The zero-order chi connectivity index (χ0) is 15.4. The Kier molecular flexibility index (Phi) is 6.83. The molecule has 1 aromatic heterocycles. The van der Waals surface area contributed by atoms with Crippen molar-refractivity contribution in [2.24, 2.45) is 0 Å². The first-order valence-electron chi connectivity index (χ1n) is 7.78. The number of halogens is 1. The molecule has 0 radical (unpaired) electrons. The summed E-state index contributed by atoms with van der Waals surface area (Å²) in [4.78, 5) is 29.1. The zero-order valence-electron chi connectivity index (χ0n) is 13.0. The average molecular weight is 359 g/mol. The molecular weight excluding hydrogens is 336 g/mol. The number of hydrogen-bond donors (Lipinski definition) is 2. The number of carbonyl (C=O) groups is 2. The Morgan fingerprint density at radius 2 is 2.09 bits per heavy atom. The maximum atomic E-state index is 12.2. The van der Waals surface area contributed by atoms with E-state index in [1.165, 1.54) is 11.3 Å². The summed E-state index contributed by atoms with van der Waals surface area (Å²) < 4.78 is 0. The van der Waals surface area contributed by atoms with Crippen LogP contribution in [0.4, 0.5) is 0 Å². The predicted octanol–water partition coefficient (Wildman–Crippen LogP) is 0.406. The number of thiophene rings is 1. The molecule has 3 rings (SSSR count). The first kappa shape index (κ1) is 18.2. The van der Waals surface area contributed by atoms with Gasteiger partial charge in [0.25, 0.3) is 5.91 Å². The summed E-state index contributed by atoms with van der Waals surface area (Å²) >= 11 is 1.38. The van der Waals surface area contributed by atoms with Crippen molar-refractivity contribution in [1.82, 2.24) is 20.4 Å². The highest BCUT2D eigenvalue weighted by Crippen LogP contribution is 2.16. The van der Waals surface area contributed by atoms with Crippen LogP contribution >= 0.6 is 23.7 Å². The maximum absolute atomic E-state index is 12.2. The van der Waals surface area contributed by atoms with Gasteiger partial charge in [-0.1, -0.05) is 6.07 Å². The molecule has 2 N–H and O–H groups in total. The second kappa shape index (κ2) is 8.63. The molecule has 2 fully saturated rings. The van der Waals surface area contributed by atoms with Crippen molar-refractivity contribution in [3.63, 3.8) is 0 Å². The van der Waals surface area contributed by atoms with Crippen molar-refractivity contribution in [1.29, 1.82) is 0 Å². The van der Waals surface area contributed by atoms with Crippen LogP contribution in [0.15, 0.2) is 17.5 Å². The first-order chi connectivity index (χ1) is 10.7. The summed E-state index contributed by atoms with van der Waals surface area (Å²) in [5.74, 6) is -0.149. The number of rotatable bonds is 4. The molecule has 0 spiro atoms. The molecule has 1 aromatic rings. The smallest absolute Gasteiger partial charge is 0.261 e. The standard InChI is InChI=1S/C15H22N4O2S.ClH/c20-14(10-17-15(21)13-2-1-9-22-13)19-6-3-12(11-19)18-7-4-16-5-8-18;/h1-2,9,12,16H,3-8,10-11H2,(H,17,21);1H. The van der Waals surface area contributed by atoms with E-state index in [9.17, 15) is 9.59 Å². The lowest BCUT2D eigenvalue weighted by atomic mass is 10.2. The molecule has 1 atom stereocenters. The van der Waals surface area contributed by atoms with Gasteiger partial charge in [-0.3, -0.25) is 14.5 Å². The highest BCUT2D eigenvalue weighted by atomic mass is 35.5. The Morgan fingerprint density at radius 1 is 1.30 bits per heavy atom. The quantitative estimate of drug-likeness (QED) is 0.818. The number of likely N-dealkylation sites (tertiary alicyclic amines) is 1. The second-order valence-electron chi connectivity index (χ2n) is 5.73. The van der Waals surface area contributed by atoms with Gasteiger partial charge in [-0.05, 0) is 17.9 Å². The molecule has 2 aliphatic rings. The van der Waals surface area contributed by atoms with Gasteiger partial charge >= 0.3 is 0 Å². The van der Waals surface area contributed by atoms with Crippen LogP contribution in [0.5, 0.6) is 0 Å². The molecule has 8 heteroatoms. The average Bonchev–Trinajstić information content (AvgIpc) is 3.24. The number of amides is 2. The van der Waals surface area contributed by atoms with E-state index in [2.05, 4.69) is 15.5 Å². The number of piperazine rings is 1. The van der Waals surface area contributed by atoms with Crippen molar-refractivity contribution in [2.75, 3.05) is 45.8 Å². The van der Waals surface area contributed by atoms with E-state index in [-0.39, 0.29) is 30.8 Å². The molecule has 23 heavy (non-hydrogen) atoms. The van der Waals surface area contributed by atoms with E-state index in [4.69, 9.17) is 0 Å². The van der Waals surface area contributed by atoms with Crippen LogP contribution in [0.2, 0.25) is 0 Å². The van der Waals surface area contributed by atoms with Crippen molar-refractivity contribution in [3.05, 3.63) is 22.4 Å². The van der Waals surface area contributed by atoms with Gasteiger partial charge in [-0.15, -0.1) is 23.7 Å². The molecule has 0 aliphatic carbocycles. The topological polar surface area (TPSA) is 64.7 Å². The monoisotopic (exact) mass is 358 g/mol. The third kappa shape index (κ3) is 4.67. The number of nitrogens with one attached hydrogen (secondary N) is 2. The van der Waals surface area contributed by atoms with E-state index in [0.717, 1.165) is 45.7 Å². The molecule has 2 aliphatic heterocycles. The summed E-state index contributed by atoms with van der Waals surface area (Å²) in [6, 6.07) is 4.07. The molecule has 128 valence electrons. The third-order valence-electron chi connectivity index (χ3n) is 4.33. The molecule has 2 saturated heterocycles. The normalized spacial score (nSPS) is 21.7. The Hall–Kier alpha value is -1.15. The van der Waals surface area contributed by atoms with Crippen LogP contribution in [0, 0.1) is 0 Å². The second-order valence-corrected chi connectivity index (χ2v) is 6.68. The molecule has 0 aromatic carbocycles. The summed E-state index contributed by atoms with van der Waals surface area (Å²) in [6.07, 6.45) is 1.03. The van der Waals surface area contributed by atoms with Crippen LogP contribution in [-0.2, 0) is 4.79 Å². The Morgan fingerprint density at radius 3 is 2.78 bits per heavy atom. The molecule has 3 heterocycles. The van der Waals surface area contributed by atoms with Crippen molar-refractivity contribution in [2.45, 2.75) is 12.5 Å². The Labute approximate surface area is 146 Å². The van der Waals surface area contributed by atoms with Crippen LogP contribution in [-0.4, -0.2) is 73.5 Å². The molecule has 2 amide bonds. The molecular formula is C15H23ClN4O2S. The van der Waals surface area contributed by atoms with Crippen LogP contribution in [0.3, 0.4) is 0 Å². The summed E-state index contributed by atoms with van der Waals surface area (Å²) in [7, 11) is 0. The van der Waals surface area contributed by atoms with Crippen LogP contribution in [0.25, 0.3) is 0 Å².